The number of ether oxygens (including phenoxy) is 2. The van der Waals surface area contributed by atoms with Gasteiger partial charge in [-0.2, -0.15) is 0 Å². The van der Waals surface area contributed by atoms with Crippen LogP contribution in [0.3, 0.4) is 0 Å². The normalized spacial score (nSPS) is 10.1. The molecule has 2 rings (SSSR count). The predicted molar refractivity (Wildman–Crippen MR) is 73.4 cm³/mol. The van der Waals surface area contributed by atoms with Crippen molar-refractivity contribution in [1.29, 1.82) is 0 Å². The molecular formula is C14H14N2O4. The summed E-state index contributed by atoms with van der Waals surface area (Å²) in [7, 11) is 1.53. The molecule has 0 radical (unpaired) electrons. The Morgan fingerprint density at radius 1 is 1.30 bits per heavy atom. The summed E-state index contributed by atoms with van der Waals surface area (Å²) in [6, 6.07) is 6.67. The molecule has 1 heterocycles. The lowest BCUT2D eigenvalue weighted by Gasteiger charge is -2.11. The number of aromatic nitrogens is 1. The summed E-state index contributed by atoms with van der Waals surface area (Å²) in [6.07, 6.45) is 1.25. The number of benzene rings is 1. The molecule has 104 valence electrons. The van der Waals surface area contributed by atoms with Crippen molar-refractivity contribution in [2.24, 2.45) is 0 Å². The van der Waals surface area contributed by atoms with Crippen LogP contribution in [0.5, 0.6) is 17.4 Å². The molecule has 6 heteroatoms. The largest absolute Gasteiger partial charge is 0.493 e. The zero-order valence-electron chi connectivity index (χ0n) is 11.1. The number of aromatic carboxylic acids is 1. The maximum atomic E-state index is 11.0. The first-order valence-electron chi connectivity index (χ1n) is 5.82. The fourth-order valence-corrected chi connectivity index (χ4v) is 1.66. The van der Waals surface area contributed by atoms with E-state index in [0.29, 0.717) is 11.5 Å². The molecule has 0 fully saturated rings. The quantitative estimate of drug-likeness (QED) is 0.889. The number of aryl methyl sites for hydroxylation is 1. The molecule has 3 N–H and O–H groups in total. The van der Waals surface area contributed by atoms with Gasteiger partial charge in [0.1, 0.15) is 0 Å². The van der Waals surface area contributed by atoms with E-state index in [0.717, 1.165) is 5.56 Å². The molecule has 0 atom stereocenters. The highest BCUT2D eigenvalue weighted by Gasteiger charge is 2.12. The number of rotatable bonds is 4. The Bertz CT molecular complexity index is 656. The first-order valence-corrected chi connectivity index (χ1v) is 5.82. The number of hydrogen-bond donors (Lipinski definition) is 2. The van der Waals surface area contributed by atoms with Gasteiger partial charge in [-0.25, -0.2) is 9.78 Å². The molecule has 0 spiro atoms. The minimum absolute atomic E-state index is 0.0546. The molecule has 0 aliphatic rings. The molecule has 0 saturated heterocycles. The topological polar surface area (TPSA) is 94.7 Å². The smallest absolute Gasteiger partial charge is 0.338 e. The highest BCUT2D eigenvalue weighted by atomic mass is 16.5. The van der Waals surface area contributed by atoms with Gasteiger partial charge in [-0.1, -0.05) is 6.07 Å². The van der Waals surface area contributed by atoms with Gasteiger partial charge in [0.2, 0.25) is 5.88 Å². The van der Waals surface area contributed by atoms with Crippen LogP contribution < -0.4 is 15.2 Å². The average Bonchev–Trinajstić information content (AvgIpc) is 2.42. The second-order valence-electron chi connectivity index (χ2n) is 4.17. The molecule has 0 bridgehead atoms. The maximum Gasteiger partial charge on any atom is 0.338 e. The van der Waals surface area contributed by atoms with Gasteiger partial charge in [0.05, 0.1) is 24.6 Å². The maximum absolute atomic E-state index is 11.0. The lowest BCUT2D eigenvalue weighted by Crippen LogP contribution is -2.04. The first kappa shape index (κ1) is 13.7. The van der Waals surface area contributed by atoms with Crippen molar-refractivity contribution < 1.29 is 19.4 Å². The third-order valence-corrected chi connectivity index (χ3v) is 2.67. The summed E-state index contributed by atoms with van der Waals surface area (Å²) in [6.45, 7) is 1.93. The highest BCUT2D eigenvalue weighted by Crippen LogP contribution is 2.32. The summed E-state index contributed by atoms with van der Waals surface area (Å²) in [5, 5.41) is 9.01. The van der Waals surface area contributed by atoms with Crippen LogP contribution in [0, 0.1) is 6.92 Å². The molecule has 0 unspecified atom stereocenters. The Morgan fingerprint density at radius 2 is 2.05 bits per heavy atom. The van der Waals surface area contributed by atoms with Crippen LogP contribution in [0.2, 0.25) is 0 Å². The number of pyridine rings is 1. The van der Waals surface area contributed by atoms with Crippen molar-refractivity contribution in [3.8, 4) is 17.4 Å². The van der Waals surface area contributed by atoms with E-state index in [1.54, 1.807) is 6.07 Å². The molecule has 20 heavy (non-hydrogen) atoms. The molecule has 2 aromatic rings. The van der Waals surface area contributed by atoms with Crippen molar-refractivity contribution in [2.75, 3.05) is 12.8 Å². The second kappa shape index (κ2) is 5.48. The van der Waals surface area contributed by atoms with Crippen molar-refractivity contribution in [2.45, 2.75) is 6.92 Å². The standard InChI is InChI=1S/C14H14N2O4/c1-8-3-4-11(12(5-8)19-2)20-13-6-9(14(17)18)10(15)7-16-13/h3-7H,15H2,1-2H3,(H,17,18). The number of methoxy groups -OCH3 is 1. The molecule has 0 aliphatic heterocycles. The van der Waals surface area contributed by atoms with Crippen molar-refractivity contribution in [3.63, 3.8) is 0 Å². The van der Waals surface area contributed by atoms with Crippen LogP contribution >= 0.6 is 0 Å². The summed E-state index contributed by atoms with van der Waals surface area (Å²) in [5.74, 6) is -0.00316. The zero-order valence-corrected chi connectivity index (χ0v) is 11.1. The monoisotopic (exact) mass is 274 g/mol. The van der Waals surface area contributed by atoms with Crippen LogP contribution in [0.1, 0.15) is 15.9 Å². The minimum Gasteiger partial charge on any atom is -0.493 e. The molecular weight excluding hydrogens is 260 g/mol. The third-order valence-electron chi connectivity index (χ3n) is 2.67. The summed E-state index contributed by atoms with van der Waals surface area (Å²) in [4.78, 5) is 15.0. The second-order valence-corrected chi connectivity index (χ2v) is 4.17. The first-order chi connectivity index (χ1) is 9.51. The van der Waals surface area contributed by atoms with E-state index in [9.17, 15) is 4.79 Å². The van der Waals surface area contributed by atoms with E-state index < -0.39 is 5.97 Å². The Balaban J connectivity index is 2.35. The number of carboxylic acid groups (broad SMARTS) is 1. The Morgan fingerprint density at radius 3 is 2.70 bits per heavy atom. The molecule has 0 saturated carbocycles. The lowest BCUT2D eigenvalue weighted by molar-refractivity contribution is 0.0697. The average molecular weight is 274 g/mol. The SMILES string of the molecule is COc1cc(C)ccc1Oc1cc(C(=O)O)c(N)cn1. The van der Waals surface area contributed by atoms with Gasteiger partial charge >= 0.3 is 5.97 Å². The van der Waals surface area contributed by atoms with Crippen LogP contribution in [0.15, 0.2) is 30.5 Å². The number of carboxylic acids is 1. The van der Waals surface area contributed by atoms with Crippen molar-refractivity contribution in [3.05, 3.63) is 41.6 Å². The van der Waals surface area contributed by atoms with Crippen molar-refractivity contribution >= 4 is 11.7 Å². The van der Waals surface area contributed by atoms with Crippen LogP contribution in [-0.2, 0) is 0 Å². The summed E-state index contributed by atoms with van der Waals surface area (Å²) >= 11 is 0. The molecule has 6 nitrogen and oxygen atoms in total. The van der Waals surface area contributed by atoms with Gasteiger partial charge in [0.15, 0.2) is 11.5 Å². The van der Waals surface area contributed by atoms with Crippen LogP contribution in [0.25, 0.3) is 0 Å². The van der Waals surface area contributed by atoms with Crippen molar-refractivity contribution in [1.82, 2.24) is 4.98 Å². The van der Waals surface area contributed by atoms with Gasteiger partial charge < -0.3 is 20.3 Å². The summed E-state index contributed by atoms with van der Waals surface area (Å²) in [5.41, 5.74) is 6.58. The van der Waals surface area contributed by atoms with E-state index in [-0.39, 0.29) is 17.1 Å². The Labute approximate surface area is 115 Å². The van der Waals surface area contributed by atoms with Gasteiger partial charge in [0, 0.05) is 6.07 Å². The van der Waals surface area contributed by atoms with Gasteiger partial charge in [-0.15, -0.1) is 0 Å². The van der Waals surface area contributed by atoms with E-state index in [1.807, 2.05) is 19.1 Å². The van der Waals surface area contributed by atoms with Crippen LogP contribution in [-0.4, -0.2) is 23.2 Å². The van der Waals surface area contributed by atoms with Crippen LogP contribution in [0.4, 0.5) is 5.69 Å². The predicted octanol–water partition coefficient (Wildman–Crippen LogP) is 2.47. The fourth-order valence-electron chi connectivity index (χ4n) is 1.66. The van der Waals surface area contributed by atoms with Gasteiger partial charge in [-0.05, 0) is 24.6 Å². The zero-order chi connectivity index (χ0) is 14.7. The lowest BCUT2D eigenvalue weighted by atomic mass is 10.2. The third kappa shape index (κ3) is 2.80. The van der Waals surface area contributed by atoms with E-state index >= 15 is 0 Å². The Kier molecular flexibility index (Phi) is 3.74. The molecule has 1 aromatic heterocycles. The fraction of sp³-hybridized carbons (Fsp3) is 0.143. The summed E-state index contributed by atoms with van der Waals surface area (Å²) < 4.78 is 10.8. The van der Waals surface area contributed by atoms with Gasteiger partial charge in [-0.3, -0.25) is 0 Å². The van der Waals surface area contributed by atoms with E-state index in [2.05, 4.69) is 4.98 Å². The number of hydrogen-bond acceptors (Lipinski definition) is 5. The number of carbonyl (C=O) groups is 1. The minimum atomic E-state index is -1.13. The van der Waals surface area contributed by atoms with E-state index in [4.69, 9.17) is 20.3 Å². The molecule has 0 amide bonds. The van der Waals surface area contributed by atoms with Gasteiger partial charge in [0.25, 0.3) is 0 Å². The highest BCUT2D eigenvalue weighted by molar-refractivity contribution is 5.93. The number of anilines is 1. The molecule has 0 aliphatic carbocycles. The Hall–Kier alpha value is -2.76. The number of nitrogens with two attached hydrogens (primary N) is 1. The van der Waals surface area contributed by atoms with E-state index in [1.165, 1.54) is 19.4 Å². The number of nitrogens with zero attached hydrogens (tertiary/aromatic N) is 1. The molecule has 1 aromatic carbocycles. The number of nitrogen functional groups attached to an aromatic ring is 1.